The number of carbonyl (C=O) groups excluding carboxylic acids is 1. The van der Waals surface area contributed by atoms with Crippen LogP contribution in [0, 0.1) is 0 Å². The second-order valence-electron chi connectivity index (χ2n) is 8.14. The molecule has 1 N–H and O–H groups in total. The van der Waals surface area contributed by atoms with Crippen molar-refractivity contribution < 1.29 is 4.79 Å². The Hall–Kier alpha value is -1.65. The number of rotatable bonds is 6. The molecule has 0 radical (unpaired) electrons. The monoisotopic (exact) mass is 399 g/mol. The van der Waals surface area contributed by atoms with Gasteiger partial charge in [-0.25, -0.2) is 0 Å². The van der Waals surface area contributed by atoms with E-state index in [-0.39, 0.29) is 5.91 Å². The fourth-order valence-corrected chi connectivity index (χ4v) is 5.11. The summed E-state index contributed by atoms with van der Waals surface area (Å²) in [6.45, 7) is 5.26. The largest absolute Gasteiger partial charge is 0.352 e. The lowest BCUT2D eigenvalue weighted by molar-refractivity contribution is 0.0947. The highest BCUT2D eigenvalue weighted by Crippen LogP contribution is 2.33. The van der Waals surface area contributed by atoms with Crippen molar-refractivity contribution in [1.29, 1.82) is 0 Å². The highest BCUT2D eigenvalue weighted by molar-refractivity contribution is 6.36. The number of nitrogens with one attached hydrogen (secondary N) is 1. The van der Waals surface area contributed by atoms with Crippen molar-refractivity contribution in [3.63, 3.8) is 0 Å². The number of hydrogen-bond acceptors (Lipinski definition) is 3. The van der Waals surface area contributed by atoms with E-state index < -0.39 is 0 Å². The molecule has 4 rings (SSSR count). The summed E-state index contributed by atoms with van der Waals surface area (Å²) in [4.78, 5) is 20.0. The molecule has 1 aliphatic heterocycles. The second kappa shape index (κ2) is 8.79. The van der Waals surface area contributed by atoms with Crippen LogP contribution in [0.5, 0.6) is 0 Å². The van der Waals surface area contributed by atoms with Crippen LogP contribution in [-0.4, -0.2) is 41.5 Å². The van der Waals surface area contributed by atoms with Gasteiger partial charge in [0.25, 0.3) is 5.91 Å². The first-order valence-electron chi connectivity index (χ1n) is 10.8. The molecule has 0 spiro atoms. The van der Waals surface area contributed by atoms with E-state index in [1.54, 1.807) is 0 Å². The summed E-state index contributed by atoms with van der Waals surface area (Å²) in [6.07, 6.45) is 9.30. The molecule has 1 aromatic heterocycles. The maximum atomic E-state index is 12.6. The van der Waals surface area contributed by atoms with Gasteiger partial charge in [-0.3, -0.25) is 9.78 Å². The van der Waals surface area contributed by atoms with Gasteiger partial charge in [0, 0.05) is 35.8 Å². The summed E-state index contributed by atoms with van der Waals surface area (Å²) in [7, 11) is 0. The van der Waals surface area contributed by atoms with Crippen LogP contribution in [0.2, 0.25) is 5.02 Å². The molecule has 1 atom stereocenters. The van der Waals surface area contributed by atoms with Crippen molar-refractivity contribution in [2.75, 3.05) is 19.6 Å². The van der Waals surface area contributed by atoms with Crippen LogP contribution in [0.4, 0.5) is 0 Å². The number of amides is 1. The van der Waals surface area contributed by atoms with Crippen LogP contribution in [0.25, 0.3) is 10.9 Å². The van der Waals surface area contributed by atoms with Crippen LogP contribution in [-0.2, 0) is 12.8 Å². The summed E-state index contributed by atoms with van der Waals surface area (Å²) in [5.41, 5.74) is 3.78. The number of benzene rings is 1. The average molecular weight is 400 g/mol. The lowest BCUT2D eigenvalue weighted by Gasteiger charge is -2.35. The van der Waals surface area contributed by atoms with Crippen LogP contribution in [0.3, 0.4) is 0 Å². The van der Waals surface area contributed by atoms with Crippen LogP contribution in [0.1, 0.15) is 67.1 Å². The van der Waals surface area contributed by atoms with Crippen molar-refractivity contribution in [3.05, 3.63) is 40.0 Å². The minimum atomic E-state index is -0.0222. The second-order valence-corrected chi connectivity index (χ2v) is 8.52. The molecule has 1 aliphatic carbocycles. The Bertz CT molecular complexity index is 867. The molecular weight excluding hydrogens is 370 g/mol. The van der Waals surface area contributed by atoms with E-state index in [2.05, 4.69) is 17.1 Å². The molecule has 2 aliphatic rings. The number of piperidine rings is 1. The zero-order valence-corrected chi connectivity index (χ0v) is 17.5. The number of nitrogens with zero attached hydrogens (tertiary/aromatic N) is 2. The standard InChI is InChI=1S/C23H30ClN3O/c1-2-17-7-3-4-13-27(17)14-6-12-25-23(28)16-10-11-19-21(15-16)26-20-9-5-8-18(20)22(19)24/h10-11,15,17H,2-9,12-14H2,1H3,(H,25,28). The predicted octanol–water partition coefficient (Wildman–Crippen LogP) is 4.76. The Balaban J connectivity index is 1.36. The van der Waals surface area contributed by atoms with Gasteiger partial charge < -0.3 is 10.2 Å². The minimum absolute atomic E-state index is 0.0222. The van der Waals surface area contributed by atoms with Crippen molar-refractivity contribution in [2.45, 2.75) is 64.3 Å². The van der Waals surface area contributed by atoms with E-state index in [9.17, 15) is 4.79 Å². The molecule has 28 heavy (non-hydrogen) atoms. The van der Waals surface area contributed by atoms with E-state index >= 15 is 0 Å². The van der Waals surface area contributed by atoms with Gasteiger partial charge in [-0.15, -0.1) is 0 Å². The van der Waals surface area contributed by atoms with Gasteiger partial charge in [-0.05, 0) is 69.2 Å². The number of halogens is 1. The van der Waals surface area contributed by atoms with Gasteiger partial charge in [0.15, 0.2) is 0 Å². The zero-order valence-electron chi connectivity index (χ0n) is 16.8. The highest BCUT2D eigenvalue weighted by Gasteiger charge is 2.21. The first-order valence-corrected chi connectivity index (χ1v) is 11.2. The SMILES string of the molecule is CCC1CCCCN1CCCNC(=O)c1ccc2c(Cl)c3c(nc2c1)CCC3. The number of carbonyl (C=O) groups is 1. The topological polar surface area (TPSA) is 45.2 Å². The quantitative estimate of drug-likeness (QED) is 0.712. The third-order valence-corrected chi connectivity index (χ3v) is 6.77. The lowest BCUT2D eigenvalue weighted by atomic mass is 10.00. The molecule has 0 bridgehead atoms. The maximum Gasteiger partial charge on any atom is 0.251 e. The zero-order chi connectivity index (χ0) is 19.5. The molecule has 2 aromatic rings. The molecule has 5 heteroatoms. The summed E-state index contributed by atoms with van der Waals surface area (Å²) in [6, 6.07) is 6.41. The minimum Gasteiger partial charge on any atom is -0.352 e. The normalized spacial score (nSPS) is 19.7. The molecule has 1 amide bonds. The highest BCUT2D eigenvalue weighted by atomic mass is 35.5. The van der Waals surface area contributed by atoms with E-state index in [1.807, 2.05) is 18.2 Å². The smallest absolute Gasteiger partial charge is 0.251 e. The molecule has 2 heterocycles. The number of aryl methyl sites for hydroxylation is 1. The summed E-state index contributed by atoms with van der Waals surface area (Å²) in [5, 5.41) is 4.85. The summed E-state index contributed by atoms with van der Waals surface area (Å²) >= 11 is 6.57. The summed E-state index contributed by atoms with van der Waals surface area (Å²) < 4.78 is 0. The van der Waals surface area contributed by atoms with Crippen molar-refractivity contribution in [1.82, 2.24) is 15.2 Å². The van der Waals surface area contributed by atoms with Gasteiger partial charge in [-0.2, -0.15) is 0 Å². The van der Waals surface area contributed by atoms with Gasteiger partial charge >= 0.3 is 0 Å². The maximum absolute atomic E-state index is 12.6. The van der Waals surface area contributed by atoms with Crippen molar-refractivity contribution in [3.8, 4) is 0 Å². The van der Waals surface area contributed by atoms with Crippen LogP contribution in [0.15, 0.2) is 18.2 Å². The molecule has 150 valence electrons. The predicted molar refractivity (Wildman–Crippen MR) is 115 cm³/mol. The average Bonchev–Trinajstić information content (AvgIpc) is 3.20. The van der Waals surface area contributed by atoms with E-state index in [0.29, 0.717) is 12.1 Å². The molecule has 1 saturated heterocycles. The van der Waals surface area contributed by atoms with E-state index in [1.165, 1.54) is 37.8 Å². The van der Waals surface area contributed by atoms with Gasteiger partial charge in [0.2, 0.25) is 0 Å². The Morgan fingerprint density at radius 3 is 3.04 bits per heavy atom. The van der Waals surface area contributed by atoms with Crippen LogP contribution < -0.4 is 5.32 Å². The Kier molecular flexibility index (Phi) is 6.17. The number of likely N-dealkylation sites (tertiary alicyclic amines) is 1. The third-order valence-electron chi connectivity index (χ3n) is 6.33. The first-order chi connectivity index (χ1) is 13.7. The molecule has 1 fully saturated rings. The fraction of sp³-hybridized carbons (Fsp3) is 0.565. The Labute approximate surface area is 172 Å². The third kappa shape index (κ3) is 4.04. The molecular formula is C23H30ClN3O. The number of pyridine rings is 1. The number of fused-ring (bicyclic) bond motifs is 2. The molecule has 1 aromatic carbocycles. The van der Waals surface area contributed by atoms with Gasteiger partial charge in [0.05, 0.1) is 10.5 Å². The molecule has 0 saturated carbocycles. The first kappa shape index (κ1) is 19.7. The van der Waals surface area contributed by atoms with E-state index in [0.717, 1.165) is 59.9 Å². The van der Waals surface area contributed by atoms with Crippen LogP contribution >= 0.6 is 11.6 Å². The Morgan fingerprint density at radius 2 is 2.18 bits per heavy atom. The molecule has 1 unspecified atom stereocenters. The number of hydrogen-bond donors (Lipinski definition) is 1. The lowest BCUT2D eigenvalue weighted by Crippen LogP contribution is -2.40. The molecule has 4 nitrogen and oxygen atoms in total. The van der Waals surface area contributed by atoms with Gasteiger partial charge in [0.1, 0.15) is 0 Å². The van der Waals surface area contributed by atoms with Gasteiger partial charge in [-0.1, -0.05) is 31.0 Å². The van der Waals surface area contributed by atoms with E-state index in [4.69, 9.17) is 16.6 Å². The fourth-order valence-electron chi connectivity index (χ4n) is 4.75. The van der Waals surface area contributed by atoms with Crippen molar-refractivity contribution in [2.24, 2.45) is 0 Å². The Morgan fingerprint density at radius 1 is 1.29 bits per heavy atom. The number of aromatic nitrogens is 1. The summed E-state index contributed by atoms with van der Waals surface area (Å²) in [5.74, 6) is -0.0222. The van der Waals surface area contributed by atoms with Crippen molar-refractivity contribution >= 4 is 28.4 Å².